The second kappa shape index (κ2) is 3.37. The van der Waals surface area contributed by atoms with Gasteiger partial charge in [-0.15, -0.1) is 11.8 Å². The number of nitrogens with two attached hydrogens (primary N) is 2. The Morgan fingerprint density at radius 2 is 1.92 bits per heavy atom. The summed E-state index contributed by atoms with van der Waals surface area (Å²) in [5.41, 5.74) is 12.7. The predicted octanol–water partition coefficient (Wildman–Crippen LogP) is 1.44. The number of thioether (sulfide) groups is 1. The van der Waals surface area contributed by atoms with E-state index in [0.29, 0.717) is 16.9 Å². The molecule has 0 aliphatic carbocycles. The monoisotopic (exact) mass is 179 g/mol. The molecule has 0 saturated heterocycles. The molecule has 0 bridgehead atoms. The van der Waals surface area contributed by atoms with Gasteiger partial charge in [0.15, 0.2) is 0 Å². The number of rotatable bonds is 1. The van der Waals surface area contributed by atoms with Crippen molar-refractivity contribution in [2.45, 2.75) is 4.90 Å². The molecule has 1 aromatic rings. The van der Waals surface area contributed by atoms with E-state index in [0.717, 1.165) is 4.90 Å². The Balaban J connectivity index is 3.31. The van der Waals surface area contributed by atoms with Gasteiger partial charge in [-0.25, -0.2) is 0 Å². The van der Waals surface area contributed by atoms with Gasteiger partial charge in [-0.05, 0) is 18.4 Å². The summed E-state index contributed by atoms with van der Waals surface area (Å²) in [5.74, 6) is 0. The Morgan fingerprint density at radius 3 is 2.42 bits per heavy atom. The van der Waals surface area contributed by atoms with Crippen LogP contribution in [-0.4, -0.2) is 6.26 Å². The lowest BCUT2D eigenvalue weighted by atomic mass is 10.2. The first-order valence-electron chi connectivity index (χ1n) is 3.32. The number of hydrogen-bond donors (Lipinski definition) is 2. The van der Waals surface area contributed by atoms with E-state index in [1.165, 1.54) is 11.8 Å². The number of hydrogen-bond acceptors (Lipinski definition) is 4. The average molecular weight is 179 g/mol. The van der Waals surface area contributed by atoms with E-state index in [1.54, 1.807) is 12.1 Å². The van der Waals surface area contributed by atoms with Crippen LogP contribution in [0.1, 0.15) is 5.56 Å². The summed E-state index contributed by atoms with van der Waals surface area (Å²) in [6, 6.07) is 5.38. The Kier molecular flexibility index (Phi) is 2.46. The molecule has 4 N–H and O–H groups in total. The molecular weight excluding hydrogens is 170 g/mol. The zero-order chi connectivity index (χ0) is 9.14. The standard InChI is InChI=1S/C8H9N3S/c1-12-8-3-7(11)6(10)2-5(8)4-9/h2-3H,10-11H2,1H3. The molecule has 0 aliphatic rings. The third-order valence-corrected chi connectivity index (χ3v) is 2.30. The molecule has 0 atom stereocenters. The molecule has 0 radical (unpaired) electrons. The molecule has 1 aromatic carbocycles. The van der Waals surface area contributed by atoms with Gasteiger partial charge in [0.2, 0.25) is 0 Å². The van der Waals surface area contributed by atoms with Crippen molar-refractivity contribution in [1.82, 2.24) is 0 Å². The first-order chi connectivity index (χ1) is 5.69. The summed E-state index contributed by atoms with van der Waals surface area (Å²) in [7, 11) is 0. The van der Waals surface area contributed by atoms with Gasteiger partial charge < -0.3 is 11.5 Å². The summed E-state index contributed by atoms with van der Waals surface area (Å²) in [5, 5.41) is 8.71. The Morgan fingerprint density at radius 1 is 1.33 bits per heavy atom. The zero-order valence-corrected chi connectivity index (χ0v) is 7.48. The highest BCUT2D eigenvalue weighted by Gasteiger charge is 2.03. The highest BCUT2D eigenvalue weighted by atomic mass is 32.2. The number of nitrogens with zero attached hydrogens (tertiary/aromatic N) is 1. The minimum Gasteiger partial charge on any atom is -0.397 e. The molecule has 0 heterocycles. The Labute approximate surface area is 75.4 Å². The molecule has 0 fully saturated rings. The summed E-state index contributed by atoms with van der Waals surface area (Å²) in [6.07, 6.45) is 1.89. The van der Waals surface area contributed by atoms with Crippen LogP contribution in [0.15, 0.2) is 17.0 Å². The second-order valence-electron chi connectivity index (χ2n) is 2.29. The second-order valence-corrected chi connectivity index (χ2v) is 3.14. The number of nitrogen functional groups attached to an aromatic ring is 2. The van der Waals surface area contributed by atoms with Crippen molar-refractivity contribution >= 4 is 23.1 Å². The van der Waals surface area contributed by atoms with Crippen LogP contribution in [0.5, 0.6) is 0 Å². The normalized spacial score (nSPS) is 9.33. The van der Waals surface area contributed by atoms with Crippen LogP contribution in [0.25, 0.3) is 0 Å². The topological polar surface area (TPSA) is 75.8 Å². The van der Waals surface area contributed by atoms with E-state index in [1.807, 2.05) is 6.26 Å². The minimum atomic E-state index is 0.462. The lowest BCUT2D eigenvalue weighted by Crippen LogP contribution is -1.96. The van der Waals surface area contributed by atoms with Gasteiger partial charge in [-0.2, -0.15) is 5.26 Å². The minimum absolute atomic E-state index is 0.462. The molecular formula is C8H9N3S. The fraction of sp³-hybridized carbons (Fsp3) is 0.125. The van der Waals surface area contributed by atoms with E-state index in [2.05, 4.69) is 6.07 Å². The molecule has 1 rings (SSSR count). The van der Waals surface area contributed by atoms with E-state index < -0.39 is 0 Å². The predicted molar refractivity (Wildman–Crippen MR) is 51.8 cm³/mol. The molecule has 4 heteroatoms. The van der Waals surface area contributed by atoms with Crippen molar-refractivity contribution in [3.63, 3.8) is 0 Å². The summed E-state index contributed by atoms with van der Waals surface area (Å²) >= 11 is 1.48. The quantitative estimate of drug-likeness (QED) is 0.505. The first kappa shape index (κ1) is 8.75. The molecule has 0 unspecified atom stereocenters. The Hall–Kier alpha value is -1.34. The number of nitriles is 1. The van der Waals surface area contributed by atoms with Crippen molar-refractivity contribution in [2.75, 3.05) is 17.7 Å². The number of anilines is 2. The molecule has 0 aliphatic heterocycles. The van der Waals surface area contributed by atoms with Crippen LogP contribution in [0.3, 0.4) is 0 Å². The van der Waals surface area contributed by atoms with Crippen molar-refractivity contribution in [3.05, 3.63) is 17.7 Å². The molecule has 3 nitrogen and oxygen atoms in total. The van der Waals surface area contributed by atoms with Gasteiger partial charge >= 0.3 is 0 Å². The van der Waals surface area contributed by atoms with Crippen molar-refractivity contribution in [1.29, 1.82) is 5.26 Å². The van der Waals surface area contributed by atoms with Crippen LogP contribution in [0, 0.1) is 11.3 Å². The van der Waals surface area contributed by atoms with Gasteiger partial charge in [0.25, 0.3) is 0 Å². The van der Waals surface area contributed by atoms with E-state index >= 15 is 0 Å². The van der Waals surface area contributed by atoms with Gasteiger partial charge in [0.05, 0.1) is 16.9 Å². The SMILES string of the molecule is CSc1cc(N)c(N)cc1C#N. The van der Waals surface area contributed by atoms with Crippen LogP contribution in [0.2, 0.25) is 0 Å². The Bertz CT molecular complexity index is 341. The van der Waals surface area contributed by atoms with Crippen molar-refractivity contribution in [3.8, 4) is 6.07 Å². The molecule has 0 spiro atoms. The van der Waals surface area contributed by atoms with Crippen molar-refractivity contribution in [2.24, 2.45) is 0 Å². The fourth-order valence-corrected chi connectivity index (χ4v) is 1.44. The molecule has 62 valence electrons. The largest absolute Gasteiger partial charge is 0.397 e. The van der Waals surface area contributed by atoms with Crippen LogP contribution < -0.4 is 11.5 Å². The van der Waals surface area contributed by atoms with Crippen LogP contribution in [-0.2, 0) is 0 Å². The van der Waals surface area contributed by atoms with E-state index in [-0.39, 0.29) is 0 Å². The summed E-state index contributed by atoms with van der Waals surface area (Å²) in [4.78, 5) is 0.865. The summed E-state index contributed by atoms with van der Waals surface area (Å²) < 4.78 is 0. The highest BCUT2D eigenvalue weighted by Crippen LogP contribution is 2.26. The molecule has 0 saturated carbocycles. The smallest absolute Gasteiger partial charge is 0.100 e. The van der Waals surface area contributed by atoms with Gasteiger partial charge in [-0.1, -0.05) is 0 Å². The van der Waals surface area contributed by atoms with Gasteiger partial charge in [0.1, 0.15) is 6.07 Å². The van der Waals surface area contributed by atoms with Crippen molar-refractivity contribution < 1.29 is 0 Å². The van der Waals surface area contributed by atoms with Gasteiger partial charge in [0, 0.05) is 4.90 Å². The third kappa shape index (κ3) is 1.46. The maximum Gasteiger partial charge on any atom is 0.100 e. The highest BCUT2D eigenvalue weighted by molar-refractivity contribution is 7.98. The fourth-order valence-electron chi connectivity index (χ4n) is 0.869. The molecule has 0 amide bonds. The average Bonchev–Trinajstić information content (AvgIpc) is 2.09. The lowest BCUT2D eigenvalue weighted by molar-refractivity contribution is 1.37. The van der Waals surface area contributed by atoms with E-state index in [9.17, 15) is 0 Å². The zero-order valence-electron chi connectivity index (χ0n) is 6.66. The molecule has 12 heavy (non-hydrogen) atoms. The van der Waals surface area contributed by atoms with Crippen LogP contribution >= 0.6 is 11.8 Å². The first-order valence-corrected chi connectivity index (χ1v) is 4.54. The third-order valence-electron chi connectivity index (χ3n) is 1.53. The maximum atomic E-state index is 8.71. The van der Waals surface area contributed by atoms with E-state index in [4.69, 9.17) is 16.7 Å². The van der Waals surface area contributed by atoms with Gasteiger partial charge in [-0.3, -0.25) is 0 Å². The molecule has 0 aromatic heterocycles. The lowest BCUT2D eigenvalue weighted by Gasteiger charge is -2.04. The maximum absolute atomic E-state index is 8.71. The number of benzene rings is 1. The van der Waals surface area contributed by atoms with Crippen LogP contribution in [0.4, 0.5) is 11.4 Å². The summed E-state index contributed by atoms with van der Waals surface area (Å²) in [6.45, 7) is 0.